The number of aromatic hydroxyl groups is 1. The van der Waals surface area contributed by atoms with Crippen LogP contribution in [0.5, 0.6) is 5.75 Å². The number of benzene rings is 1. The molecular formula is C38H66N2O6S. The van der Waals surface area contributed by atoms with Gasteiger partial charge in [-0.25, -0.2) is 0 Å². The molecular weight excluding hydrogens is 612 g/mol. The van der Waals surface area contributed by atoms with Crippen LogP contribution in [0.25, 0.3) is 0 Å². The van der Waals surface area contributed by atoms with Gasteiger partial charge in [0.25, 0.3) is 0 Å². The maximum atomic E-state index is 12.7. The first-order chi connectivity index (χ1) is 22.8. The van der Waals surface area contributed by atoms with Crippen molar-refractivity contribution in [3.8, 4) is 5.75 Å². The number of phenolic OH excluding ortho intramolecular Hbond substituents is 1. The molecule has 0 saturated heterocycles. The van der Waals surface area contributed by atoms with Crippen LogP contribution in [-0.2, 0) is 23.9 Å². The summed E-state index contributed by atoms with van der Waals surface area (Å²) in [4.78, 5) is 37.8. The standard InChI is InChI=1S/C38H66N2O6S/c1-4-6-8-10-12-14-16-18-20-22-36(42)45-28-34(46-37(43)23-21-19-17-15-13-11-9-7-5-2)29-47-30-35(39)38(44)40-31(3)32-24-26-33(41)27-25-32/h24-27,31,34-35,41H,4-23,28-30,39H2,1-3H3,(H,40,44)/t31?,34?,35-/m0/s1. The van der Waals surface area contributed by atoms with E-state index in [-0.39, 0.29) is 36.2 Å². The number of hydrogen-bond acceptors (Lipinski definition) is 8. The summed E-state index contributed by atoms with van der Waals surface area (Å²) < 4.78 is 11.3. The number of carbonyl (C=O) groups excluding carboxylic acids is 3. The van der Waals surface area contributed by atoms with Gasteiger partial charge in [0.1, 0.15) is 18.5 Å². The number of rotatable bonds is 30. The average Bonchev–Trinajstić information content (AvgIpc) is 3.05. The lowest BCUT2D eigenvalue weighted by molar-refractivity contribution is -0.157. The zero-order chi connectivity index (χ0) is 34.5. The molecule has 1 aromatic rings. The lowest BCUT2D eigenvalue weighted by Crippen LogP contribution is -2.43. The molecule has 0 saturated carbocycles. The topological polar surface area (TPSA) is 128 Å². The molecule has 9 heteroatoms. The Morgan fingerprint density at radius 3 is 1.70 bits per heavy atom. The molecule has 270 valence electrons. The highest BCUT2D eigenvalue weighted by molar-refractivity contribution is 7.99. The molecule has 1 amide bonds. The molecule has 1 rings (SSSR count). The SMILES string of the molecule is CCCCCCCCCCCC(=O)OCC(CSC[C@H](N)C(=O)NC(C)c1ccc(O)cc1)OC(=O)CCCCCCCCCCC. The Kier molecular flexibility index (Phi) is 26.1. The van der Waals surface area contributed by atoms with Gasteiger partial charge in [-0.1, -0.05) is 129 Å². The van der Waals surface area contributed by atoms with Crippen molar-refractivity contribution in [1.82, 2.24) is 5.32 Å². The van der Waals surface area contributed by atoms with Gasteiger partial charge in [0.15, 0.2) is 0 Å². The van der Waals surface area contributed by atoms with E-state index in [1.165, 1.54) is 88.8 Å². The Morgan fingerprint density at radius 1 is 0.723 bits per heavy atom. The number of esters is 2. The van der Waals surface area contributed by atoms with Crippen LogP contribution in [-0.4, -0.2) is 53.2 Å². The van der Waals surface area contributed by atoms with Crippen molar-refractivity contribution in [1.29, 1.82) is 0 Å². The van der Waals surface area contributed by atoms with Crippen molar-refractivity contribution in [3.05, 3.63) is 29.8 Å². The molecule has 3 atom stereocenters. The number of carbonyl (C=O) groups is 3. The second-order valence-electron chi connectivity index (χ2n) is 12.9. The van der Waals surface area contributed by atoms with Crippen molar-refractivity contribution in [2.75, 3.05) is 18.1 Å². The molecule has 0 radical (unpaired) electrons. The Balaban J connectivity index is 2.45. The third-order valence-corrected chi connectivity index (χ3v) is 9.59. The first kappa shape index (κ1) is 42.8. The van der Waals surface area contributed by atoms with Gasteiger partial charge in [-0.05, 0) is 37.5 Å². The van der Waals surface area contributed by atoms with Gasteiger partial charge in [-0.3, -0.25) is 14.4 Å². The summed E-state index contributed by atoms with van der Waals surface area (Å²) in [6.45, 7) is 6.31. The number of nitrogens with one attached hydrogen (secondary N) is 1. The fourth-order valence-electron chi connectivity index (χ4n) is 5.35. The highest BCUT2D eigenvalue weighted by Gasteiger charge is 2.21. The van der Waals surface area contributed by atoms with Gasteiger partial charge in [-0.2, -0.15) is 11.8 Å². The first-order valence-electron chi connectivity index (χ1n) is 18.5. The van der Waals surface area contributed by atoms with Crippen LogP contribution >= 0.6 is 11.8 Å². The van der Waals surface area contributed by atoms with Crippen LogP contribution in [0.3, 0.4) is 0 Å². The van der Waals surface area contributed by atoms with Crippen molar-refractivity contribution in [3.63, 3.8) is 0 Å². The summed E-state index contributed by atoms with van der Waals surface area (Å²) in [6.07, 6.45) is 21.2. The number of unbranched alkanes of at least 4 members (excludes halogenated alkanes) is 16. The zero-order valence-electron chi connectivity index (χ0n) is 29.8. The van der Waals surface area contributed by atoms with Crippen LogP contribution in [0.1, 0.15) is 161 Å². The van der Waals surface area contributed by atoms with E-state index >= 15 is 0 Å². The van der Waals surface area contributed by atoms with Crippen LogP contribution in [0.2, 0.25) is 0 Å². The van der Waals surface area contributed by atoms with Gasteiger partial charge in [0.05, 0.1) is 12.1 Å². The monoisotopic (exact) mass is 678 g/mol. The molecule has 0 aliphatic rings. The molecule has 4 N–H and O–H groups in total. The number of hydrogen-bond donors (Lipinski definition) is 3. The van der Waals surface area contributed by atoms with E-state index in [0.717, 1.165) is 44.1 Å². The predicted molar refractivity (Wildman–Crippen MR) is 194 cm³/mol. The van der Waals surface area contributed by atoms with Crippen LogP contribution < -0.4 is 11.1 Å². The normalized spacial score (nSPS) is 13.1. The van der Waals surface area contributed by atoms with E-state index in [2.05, 4.69) is 19.2 Å². The van der Waals surface area contributed by atoms with E-state index in [9.17, 15) is 19.5 Å². The number of phenols is 1. The van der Waals surface area contributed by atoms with Crippen molar-refractivity contribution in [2.24, 2.45) is 5.73 Å². The molecule has 0 bridgehead atoms. The van der Waals surface area contributed by atoms with E-state index in [1.807, 2.05) is 6.92 Å². The fourth-order valence-corrected chi connectivity index (χ4v) is 6.32. The fraction of sp³-hybridized carbons (Fsp3) is 0.763. The molecule has 0 spiro atoms. The van der Waals surface area contributed by atoms with Crippen molar-refractivity contribution in [2.45, 2.75) is 167 Å². The van der Waals surface area contributed by atoms with Gasteiger partial charge in [0.2, 0.25) is 5.91 Å². The summed E-state index contributed by atoms with van der Waals surface area (Å²) in [5.41, 5.74) is 7.03. The van der Waals surface area contributed by atoms with Crippen LogP contribution in [0.15, 0.2) is 24.3 Å². The highest BCUT2D eigenvalue weighted by Crippen LogP contribution is 2.18. The minimum absolute atomic E-state index is 0.00603. The zero-order valence-corrected chi connectivity index (χ0v) is 30.6. The van der Waals surface area contributed by atoms with Crippen LogP contribution in [0, 0.1) is 0 Å². The highest BCUT2D eigenvalue weighted by atomic mass is 32.2. The molecule has 0 fully saturated rings. The van der Waals surface area contributed by atoms with Gasteiger partial charge in [-0.15, -0.1) is 0 Å². The Hall–Kier alpha value is -2.26. The molecule has 8 nitrogen and oxygen atoms in total. The quantitative estimate of drug-likeness (QED) is 0.0544. The largest absolute Gasteiger partial charge is 0.508 e. The van der Waals surface area contributed by atoms with Crippen molar-refractivity contribution < 1.29 is 29.0 Å². The molecule has 2 unspecified atom stereocenters. The number of nitrogens with two attached hydrogens (primary N) is 1. The number of ether oxygens (including phenoxy) is 2. The molecule has 0 heterocycles. The van der Waals surface area contributed by atoms with E-state index in [4.69, 9.17) is 15.2 Å². The first-order valence-corrected chi connectivity index (χ1v) is 19.7. The van der Waals surface area contributed by atoms with E-state index in [0.29, 0.717) is 24.3 Å². The summed E-state index contributed by atoms with van der Waals surface area (Å²) >= 11 is 1.41. The van der Waals surface area contributed by atoms with Gasteiger partial charge in [0, 0.05) is 24.3 Å². The van der Waals surface area contributed by atoms with Gasteiger partial charge < -0.3 is 25.6 Å². The smallest absolute Gasteiger partial charge is 0.306 e. The number of amides is 1. The third-order valence-electron chi connectivity index (χ3n) is 8.39. The van der Waals surface area contributed by atoms with E-state index in [1.54, 1.807) is 24.3 Å². The second-order valence-corrected chi connectivity index (χ2v) is 14.0. The van der Waals surface area contributed by atoms with Crippen molar-refractivity contribution >= 4 is 29.6 Å². The minimum Gasteiger partial charge on any atom is -0.508 e. The van der Waals surface area contributed by atoms with E-state index < -0.39 is 12.1 Å². The predicted octanol–water partition coefficient (Wildman–Crippen LogP) is 8.93. The second kappa shape index (κ2) is 28.7. The molecule has 0 aliphatic carbocycles. The molecule has 1 aromatic carbocycles. The summed E-state index contributed by atoms with van der Waals surface area (Å²) in [5, 5.41) is 12.4. The lowest BCUT2D eigenvalue weighted by atomic mass is 10.1. The molecule has 47 heavy (non-hydrogen) atoms. The maximum absolute atomic E-state index is 12.7. The summed E-state index contributed by atoms with van der Waals surface area (Å²) in [6, 6.07) is 5.64. The van der Waals surface area contributed by atoms with Crippen LogP contribution in [0.4, 0.5) is 0 Å². The average molecular weight is 679 g/mol. The van der Waals surface area contributed by atoms with Gasteiger partial charge >= 0.3 is 11.9 Å². The summed E-state index contributed by atoms with van der Waals surface area (Å²) in [7, 11) is 0. The maximum Gasteiger partial charge on any atom is 0.306 e. The summed E-state index contributed by atoms with van der Waals surface area (Å²) in [5.74, 6) is 0.0359. The minimum atomic E-state index is -0.757. The molecule has 0 aliphatic heterocycles. The Labute approximate surface area is 290 Å². The Morgan fingerprint density at radius 2 is 1.19 bits per heavy atom. The Bertz CT molecular complexity index is 945. The molecule has 0 aromatic heterocycles. The third kappa shape index (κ3) is 23.7. The lowest BCUT2D eigenvalue weighted by Gasteiger charge is -2.20. The number of thioether (sulfide) groups is 1.